The highest BCUT2D eigenvalue weighted by molar-refractivity contribution is 5.85. The average molecular weight is 236 g/mol. The van der Waals surface area contributed by atoms with Gasteiger partial charge in [0.1, 0.15) is 0 Å². The molecule has 0 saturated heterocycles. The summed E-state index contributed by atoms with van der Waals surface area (Å²) < 4.78 is 0. The molecule has 4 rings (SSSR count). The van der Waals surface area contributed by atoms with Crippen LogP contribution in [0.15, 0.2) is 56.7 Å². The summed E-state index contributed by atoms with van der Waals surface area (Å²) in [5.74, 6) is 1.42. The molecule has 90 valence electrons. The minimum atomic E-state index is 0.313. The van der Waals surface area contributed by atoms with Gasteiger partial charge >= 0.3 is 0 Å². The van der Waals surface area contributed by atoms with Gasteiger partial charge in [0.2, 0.25) is 0 Å². The SMILES string of the molecule is CC1=CC2C=NC3C=C(C)C=C4C=NC(=C1)C2C43. The summed E-state index contributed by atoms with van der Waals surface area (Å²) in [6.07, 6.45) is 13.3. The first-order valence-electron chi connectivity index (χ1n) is 6.60. The Hall–Kier alpha value is -1.70. The fraction of sp³-hybridized carbons (Fsp3) is 0.375. The second-order valence-electron chi connectivity index (χ2n) is 5.71. The molecule has 4 aliphatic rings. The molecule has 4 atom stereocenters. The van der Waals surface area contributed by atoms with Crippen molar-refractivity contribution in [1.29, 1.82) is 0 Å². The van der Waals surface area contributed by atoms with Crippen molar-refractivity contribution >= 4 is 12.4 Å². The van der Waals surface area contributed by atoms with Gasteiger partial charge in [0, 0.05) is 35.9 Å². The minimum Gasteiger partial charge on any atom is -0.289 e. The first-order chi connectivity index (χ1) is 8.72. The molecule has 4 unspecified atom stereocenters. The van der Waals surface area contributed by atoms with E-state index in [4.69, 9.17) is 4.99 Å². The van der Waals surface area contributed by atoms with E-state index in [0.29, 0.717) is 23.8 Å². The smallest absolute Gasteiger partial charge is 0.0757 e. The lowest BCUT2D eigenvalue weighted by Crippen LogP contribution is -2.41. The van der Waals surface area contributed by atoms with Crippen LogP contribution in [0.3, 0.4) is 0 Å². The summed E-state index contributed by atoms with van der Waals surface area (Å²) in [6, 6.07) is 0.313. The van der Waals surface area contributed by atoms with Gasteiger partial charge in [0.25, 0.3) is 0 Å². The Balaban J connectivity index is 1.93. The molecule has 18 heavy (non-hydrogen) atoms. The van der Waals surface area contributed by atoms with Crippen LogP contribution in [0.5, 0.6) is 0 Å². The van der Waals surface area contributed by atoms with Gasteiger partial charge in [-0.3, -0.25) is 9.98 Å². The van der Waals surface area contributed by atoms with E-state index in [1.165, 1.54) is 22.4 Å². The number of aliphatic imine (C=N–C) groups is 2. The van der Waals surface area contributed by atoms with Crippen molar-refractivity contribution in [1.82, 2.24) is 0 Å². The summed E-state index contributed by atoms with van der Waals surface area (Å²) in [5, 5.41) is 0. The van der Waals surface area contributed by atoms with Crippen molar-refractivity contribution in [3.05, 3.63) is 46.7 Å². The van der Waals surface area contributed by atoms with Crippen LogP contribution >= 0.6 is 0 Å². The molecule has 0 bridgehead atoms. The van der Waals surface area contributed by atoms with Crippen molar-refractivity contribution < 1.29 is 0 Å². The molecular formula is C16H16N2. The van der Waals surface area contributed by atoms with Crippen molar-refractivity contribution in [2.75, 3.05) is 0 Å². The monoisotopic (exact) mass is 236 g/mol. The van der Waals surface area contributed by atoms with E-state index in [0.717, 1.165) is 0 Å². The Labute approximate surface area is 107 Å². The van der Waals surface area contributed by atoms with Gasteiger partial charge in [0.15, 0.2) is 0 Å². The lowest BCUT2D eigenvalue weighted by atomic mass is 9.65. The lowest BCUT2D eigenvalue weighted by Gasteiger charge is -2.43. The van der Waals surface area contributed by atoms with E-state index < -0.39 is 0 Å². The Morgan fingerprint density at radius 1 is 1.00 bits per heavy atom. The van der Waals surface area contributed by atoms with Crippen LogP contribution in [0.4, 0.5) is 0 Å². The van der Waals surface area contributed by atoms with E-state index in [-0.39, 0.29) is 0 Å². The summed E-state index contributed by atoms with van der Waals surface area (Å²) >= 11 is 0. The van der Waals surface area contributed by atoms with Crippen molar-refractivity contribution in [3.8, 4) is 0 Å². The van der Waals surface area contributed by atoms with Gasteiger partial charge in [-0.15, -0.1) is 0 Å². The van der Waals surface area contributed by atoms with E-state index in [1.807, 2.05) is 6.21 Å². The fourth-order valence-electron chi connectivity index (χ4n) is 3.67. The molecule has 2 heteroatoms. The largest absolute Gasteiger partial charge is 0.289 e. The molecule has 0 spiro atoms. The number of nitrogens with zero attached hydrogens (tertiary/aromatic N) is 2. The van der Waals surface area contributed by atoms with Gasteiger partial charge in [-0.25, -0.2) is 0 Å². The third kappa shape index (κ3) is 1.29. The number of allylic oxidation sites excluding steroid dienone is 6. The molecule has 0 aromatic rings. The summed E-state index contributed by atoms with van der Waals surface area (Å²) in [5.41, 5.74) is 5.22. The second-order valence-corrected chi connectivity index (χ2v) is 5.71. The van der Waals surface area contributed by atoms with E-state index in [2.05, 4.69) is 49.4 Å². The minimum absolute atomic E-state index is 0.313. The summed E-state index contributed by atoms with van der Waals surface area (Å²) in [6.45, 7) is 4.30. The number of hydrogen-bond donors (Lipinski definition) is 0. The molecule has 0 aromatic carbocycles. The Morgan fingerprint density at radius 2 is 1.83 bits per heavy atom. The molecule has 2 aliphatic heterocycles. The van der Waals surface area contributed by atoms with Gasteiger partial charge in [-0.05, 0) is 25.5 Å². The van der Waals surface area contributed by atoms with Gasteiger partial charge in [-0.2, -0.15) is 0 Å². The molecule has 0 amide bonds. The number of rotatable bonds is 0. The molecule has 0 saturated carbocycles. The second kappa shape index (κ2) is 3.41. The van der Waals surface area contributed by atoms with Crippen LogP contribution < -0.4 is 0 Å². The van der Waals surface area contributed by atoms with Crippen LogP contribution in [0.25, 0.3) is 0 Å². The Bertz CT molecular complexity index is 547. The first-order valence-corrected chi connectivity index (χ1v) is 6.60. The average Bonchev–Trinajstić information content (AvgIpc) is 2.34. The zero-order valence-electron chi connectivity index (χ0n) is 10.7. The zero-order chi connectivity index (χ0) is 12.3. The van der Waals surface area contributed by atoms with Gasteiger partial charge < -0.3 is 0 Å². The highest BCUT2D eigenvalue weighted by Gasteiger charge is 2.43. The maximum Gasteiger partial charge on any atom is 0.0757 e. The highest BCUT2D eigenvalue weighted by atomic mass is 14.9. The standard InChI is InChI=1S/C16H16N2/c1-9-3-11-7-18-14-6-10(2)4-12-8-17-13(5-9)15(11)16(12)14/h3-8,11,14-16H,1-2H3. The van der Waals surface area contributed by atoms with Crippen molar-refractivity contribution in [2.24, 2.45) is 27.7 Å². The molecule has 2 heterocycles. The van der Waals surface area contributed by atoms with Gasteiger partial charge in [0.05, 0.1) is 6.04 Å². The van der Waals surface area contributed by atoms with Crippen LogP contribution in [0.2, 0.25) is 0 Å². The molecular weight excluding hydrogens is 220 g/mol. The zero-order valence-corrected chi connectivity index (χ0v) is 10.7. The Kier molecular flexibility index (Phi) is 1.94. The normalized spacial score (nSPS) is 39.4. The maximum atomic E-state index is 4.76. The Morgan fingerprint density at radius 3 is 2.72 bits per heavy atom. The quantitative estimate of drug-likeness (QED) is 0.617. The van der Waals surface area contributed by atoms with Gasteiger partial charge in [-0.1, -0.05) is 29.4 Å². The van der Waals surface area contributed by atoms with Crippen molar-refractivity contribution in [2.45, 2.75) is 19.9 Å². The van der Waals surface area contributed by atoms with Crippen LogP contribution in [0.1, 0.15) is 13.8 Å². The first kappa shape index (κ1) is 10.2. The topological polar surface area (TPSA) is 24.7 Å². The predicted octanol–water partition coefficient (Wildman–Crippen LogP) is 3.10. The van der Waals surface area contributed by atoms with E-state index >= 15 is 0 Å². The van der Waals surface area contributed by atoms with Crippen LogP contribution in [-0.4, -0.2) is 18.5 Å². The molecule has 2 nitrogen and oxygen atoms in total. The molecule has 0 fully saturated rings. The van der Waals surface area contributed by atoms with E-state index in [9.17, 15) is 0 Å². The third-order valence-electron chi connectivity index (χ3n) is 4.35. The fourth-order valence-corrected chi connectivity index (χ4v) is 3.67. The third-order valence-corrected chi connectivity index (χ3v) is 4.35. The lowest BCUT2D eigenvalue weighted by molar-refractivity contribution is 0.343. The number of hydrogen-bond acceptors (Lipinski definition) is 2. The molecule has 0 N–H and O–H groups in total. The van der Waals surface area contributed by atoms with E-state index in [1.54, 1.807) is 0 Å². The highest BCUT2D eigenvalue weighted by Crippen LogP contribution is 2.46. The van der Waals surface area contributed by atoms with Crippen LogP contribution in [0, 0.1) is 17.8 Å². The molecule has 2 aliphatic carbocycles. The predicted molar refractivity (Wildman–Crippen MR) is 74.9 cm³/mol. The van der Waals surface area contributed by atoms with Crippen molar-refractivity contribution in [3.63, 3.8) is 0 Å². The maximum absolute atomic E-state index is 4.76. The molecule has 0 radical (unpaired) electrons. The van der Waals surface area contributed by atoms with Crippen LogP contribution in [-0.2, 0) is 0 Å². The summed E-state index contributed by atoms with van der Waals surface area (Å²) in [4.78, 5) is 9.44. The summed E-state index contributed by atoms with van der Waals surface area (Å²) in [7, 11) is 0. The molecule has 0 aromatic heterocycles.